The minimum absolute atomic E-state index is 0.190. The molecule has 0 aliphatic carbocycles. The van der Waals surface area contributed by atoms with Crippen LogP contribution in [-0.4, -0.2) is 20.7 Å². The van der Waals surface area contributed by atoms with Crippen molar-refractivity contribution in [3.8, 4) is 0 Å². The zero-order valence-corrected chi connectivity index (χ0v) is 11.0. The van der Waals surface area contributed by atoms with Gasteiger partial charge in [0.1, 0.15) is 4.60 Å². The first-order valence-corrected chi connectivity index (χ1v) is 5.78. The average Bonchev–Trinajstić information content (AvgIpc) is 2.69. The lowest BCUT2D eigenvalue weighted by molar-refractivity contribution is 0.102. The van der Waals surface area contributed by atoms with E-state index in [0.29, 0.717) is 11.3 Å². The van der Waals surface area contributed by atoms with Gasteiger partial charge in [-0.3, -0.25) is 9.48 Å². The normalized spacial score (nSPS) is 10.3. The van der Waals surface area contributed by atoms with Crippen molar-refractivity contribution in [3.63, 3.8) is 0 Å². The van der Waals surface area contributed by atoms with Gasteiger partial charge in [-0.15, -0.1) is 0 Å². The number of rotatable bonds is 2. The standard InChI is InChI=1S/C11H11BrN4O/c1-7-9(3-4-10(12)14-7)15-11(17)8-5-13-16(2)6-8/h3-6H,1-2H3,(H,15,17). The molecule has 0 atom stereocenters. The maximum atomic E-state index is 11.9. The van der Waals surface area contributed by atoms with E-state index in [4.69, 9.17) is 0 Å². The highest BCUT2D eigenvalue weighted by atomic mass is 79.9. The summed E-state index contributed by atoms with van der Waals surface area (Å²) in [5.74, 6) is -0.190. The van der Waals surface area contributed by atoms with Crippen molar-refractivity contribution < 1.29 is 4.79 Å². The second kappa shape index (κ2) is 4.67. The van der Waals surface area contributed by atoms with Gasteiger partial charge in [-0.2, -0.15) is 5.10 Å². The molecular weight excluding hydrogens is 284 g/mol. The number of nitrogens with one attached hydrogen (secondary N) is 1. The number of amides is 1. The van der Waals surface area contributed by atoms with Crippen LogP contribution < -0.4 is 5.32 Å². The van der Waals surface area contributed by atoms with Gasteiger partial charge in [-0.1, -0.05) is 0 Å². The molecule has 2 heterocycles. The molecule has 17 heavy (non-hydrogen) atoms. The van der Waals surface area contributed by atoms with Crippen LogP contribution in [0.3, 0.4) is 0 Å². The Labute approximate surface area is 107 Å². The maximum absolute atomic E-state index is 11.9. The summed E-state index contributed by atoms with van der Waals surface area (Å²) in [6, 6.07) is 3.59. The molecule has 0 saturated heterocycles. The first-order valence-electron chi connectivity index (χ1n) is 4.99. The molecule has 1 N–H and O–H groups in total. The second-order valence-corrected chi connectivity index (χ2v) is 4.44. The Morgan fingerprint density at radius 3 is 2.82 bits per heavy atom. The van der Waals surface area contributed by atoms with Crippen molar-refractivity contribution in [2.75, 3.05) is 5.32 Å². The van der Waals surface area contributed by atoms with Crippen LogP contribution in [0.25, 0.3) is 0 Å². The van der Waals surface area contributed by atoms with E-state index in [1.807, 2.05) is 6.92 Å². The first-order chi connectivity index (χ1) is 8.06. The Hall–Kier alpha value is -1.69. The summed E-state index contributed by atoms with van der Waals surface area (Å²) in [6.45, 7) is 1.84. The van der Waals surface area contributed by atoms with Crippen molar-refractivity contribution in [2.24, 2.45) is 7.05 Å². The van der Waals surface area contributed by atoms with Crippen LogP contribution in [0.1, 0.15) is 16.1 Å². The Balaban J connectivity index is 2.18. The van der Waals surface area contributed by atoms with E-state index < -0.39 is 0 Å². The van der Waals surface area contributed by atoms with E-state index in [2.05, 4.69) is 31.3 Å². The molecule has 2 aromatic heterocycles. The molecule has 1 amide bonds. The maximum Gasteiger partial charge on any atom is 0.258 e. The van der Waals surface area contributed by atoms with Gasteiger partial charge in [0.05, 0.1) is 23.1 Å². The van der Waals surface area contributed by atoms with Gasteiger partial charge in [0.15, 0.2) is 0 Å². The van der Waals surface area contributed by atoms with E-state index in [-0.39, 0.29) is 5.91 Å². The third kappa shape index (κ3) is 2.71. The van der Waals surface area contributed by atoms with E-state index in [0.717, 1.165) is 10.3 Å². The molecule has 0 bridgehead atoms. The van der Waals surface area contributed by atoms with Gasteiger partial charge >= 0.3 is 0 Å². The number of pyridine rings is 1. The number of hydrogen-bond acceptors (Lipinski definition) is 3. The predicted octanol–water partition coefficient (Wildman–Crippen LogP) is 2.14. The zero-order valence-electron chi connectivity index (χ0n) is 9.44. The summed E-state index contributed by atoms with van der Waals surface area (Å²) >= 11 is 3.27. The molecule has 0 fully saturated rings. The summed E-state index contributed by atoms with van der Waals surface area (Å²) in [7, 11) is 1.77. The largest absolute Gasteiger partial charge is 0.320 e. The van der Waals surface area contributed by atoms with Crippen molar-refractivity contribution in [1.82, 2.24) is 14.8 Å². The van der Waals surface area contributed by atoms with Gasteiger partial charge in [0.25, 0.3) is 5.91 Å². The number of hydrogen-bond donors (Lipinski definition) is 1. The summed E-state index contributed by atoms with van der Waals surface area (Å²) in [5.41, 5.74) is 1.98. The lowest BCUT2D eigenvalue weighted by Crippen LogP contribution is -2.12. The number of carbonyl (C=O) groups excluding carboxylic acids is 1. The van der Waals surface area contributed by atoms with Gasteiger partial charge in [0, 0.05) is 13.2 Å². The van der Waals surface area contributed by atoms with Crippen molar-refractivity contribution in [3.05, 3.63) is 40.4 Å². The van der Waals surface area contributed by atoms with Crippen LogP contribution in [0, 0.1) is 6.92 Å². The molecule has 0 aromatic carbocycles. The molecule has 0 aliphatic heterocycles. The van der Waals surface area contributed by atoms with Crippen molar-refractivity contribution in [2.45, 2.75) is 6.92 Å². The number of aromatic nitrogens is 3. The third-order valence-electron chi connectivity index (χ3n) is 2.27. The van der Waals surface area contributed by atoms with Gasteiger partial charge < -0.3 is 5.32 Å². The Morgan fingerprint density at radius 2 is 2.24 bits per heavy atom. The summed E-state index contributed by atoms with van der Waals surface area (Å²) in [4.78, 5) is 16.1. The summed E-state index contributed by atoms with van der Waals surface area (Å²) in [5, 5.41) is 6.74. The molecule has 2 rings (SSSR count). The molecule has 2 aromatic rings. The molecule has 0 unspecified atom stereocenters. The SMILES string of the molecule is Cc1nc(Br)ccc1NC(=O)c1cnn(C)c1. The fraction of sp³-hybridized carbons (Fsp3) is 0.182. The Morgan fingerprint density at radius 1 is 1.47 bits per heavy atom. The monoisotopic (exact) mass is 294 g/mol. The highest BCUT2D eigenvalue weighted by Crippen LogP contribution is 2.16. The van der Waals surface area contributed by atoms with Crippen molar-refractivity contribution in [1.29, 1.82) is 0 Å². The topological polar surface area (TPSA) is 59.8 Å². The molecule has 0 spiro atoms. The fourth-order valence-corrected chi connectivity index (χ4v) is 1.79. The zero-order chi connectivity index (χ0) is 12.4. The van der Waals surface area contributed by atoms with Crippen LogP contribution in [0.5, 0.6) is 0 Å². The Bertz CT molecular complexity index is 564. The van der Waals surface area contributed by atoms with Crippen LogP contribution in [0.2, 0.25) is 0 Å². The van der Waals surface area contributed by atoms with Crippen LogP contribution >= 0.6 is 15.9 Å². The number of carbonyl (C=O) groups is 1. The minimum atomic E-state index is -0.190. The van der Waals surface area contributed by atoms with E-state index in [9.17, 15) is 4.79 Å². The lowest BCUT2D eigenvalue weighted by atomic mass is 10.3. The van der Waals surface area contributed by atoms with E-state index in [1.54, 1.807) is 30.1 Å². The minimum Gasteiger partial charge on any atom is -0.320 e. The quantitative estimate of drug-likeness (QED) is 0.863. The van der Waals surface area contributed by atoms with E-state index in [1.165, 1.54) is 6.20 Å². The number of anilines is 1. The highest BCUT2D eigenvalue weighted by molar-refractivity contribution is 9.10. The van der Waals surface area contributed by atoms with Crippen LogP contribution in [0.15, 0.2) is 29.1 Å². The van der Waals surface area contributed by atoms with Crippen molar-refractivity contribution >= 4 is 27.5 Å². The van der Waals surface area contributed by atoms with Crippen LogP contribution in [-0.2, 0) is 7.05 Å². The number of halogens is 1. The smallest absolute Gasteiger partial charge is 0.258 e. The molecule has 5 nitrogen and oxygen atoms in total. The van der Waals surface area contributed by atoms with Gasteiger partial charge in [-0.25, -0.2) is 4.98 Å². The second-order valence-electron chi connectivity index (χ2n) is 3.62. The number of nitrogens with zero attached hydrogens (tertiary/aromatic N) is 3. The third-order valence-corrected chi connectivity index (χ3v) is 2.71. The van der Waals surface area contributed by atoms with Gasteiger partial charge in [-0.05, 0) is 35.0 Å². The number of aryl methyl sites for hydroxylation is 2. The fourth-order valence-electron chi connectivity index (χ4n) is 1.40. The predicted molar refractivity (Wildman–Crippen MR) is 67.8 cm³/mol. The molecule has 0 saturated carbocycles. The first kappa shape index (κ1) is 11.8. The summed E-state index contributed by atoms with van der Waals surface area (Å²) < 4.78 is 2.33. The van der Waals surface area contributed by atoms with E-state index >= 15 is 0 Å². The highest BCUT2D eigenvalue weighted by Gasteiger charge is 2.09. The summed E-state index contributed by atoms with van der Waals surface area (Å²) in [6.07, 6.45) is 3.19. The molecule has 6 heteroatoms. The van der Waals surface area contributed by atoms with Gasteiger partial charge in [0.2, 0.25) is 0 Å². The lowest BCUT2D eigenvalue weighted by Gasteiger charge is -2.06. The van der Waals surface area contributed by atoms with Crippen LogP contribution in [0.4, 0.5) is 5.69 Å². The molecule has 0 aliphatic rings. The Kier molecular flexibility index (Phi) is 3.23. The average molecular weight is 295 g/mol. The molecule has 88 valence electrons. The molecule has 0 radical (unpaired) electrons. The molecular formula is C11H11BrN4O.